The van der Waals surface area contributed by atoms with Gasteiger partial charge in [-0.2, -0.15) is 0 Å². The van der Waals surface area contributed by atoms with Crippen LogP contribution in [0.2, 0.25) is 0 Å². The predicted octanol–water partition coefficient (Wildman–Crippen LogP) is 6.77. The SMILES string of the molecule is C#CCCOC(=O)N[C@H](/C=C/C=C(\C)C[C@@H](C)/C=C(C)\C=C\C1CC=CC(=O)O1)C1CC[C@H](C)C(/C=C/C)O1. The molecule has 3 unspecified atom stereocenters. The molecule has 2 aliphatic rings. The minimum absolute atomic E-state index is 0.0211. The molecule has 39 heavy (non-hydrogen) atoms. The Morgan fingerprint density at radius 1 is 1.31 bits per heavy atom. The van der Waals surface area contributed by atoms with Crippen LogP contribution in [0.25, 0.3) is 0 Å². The molecular formula is C33H45NO5. The van der Waals surface area contributed by atoms with Gasteiger partial charge in [0, 0.05) is 18.9 Å². The number of carbonyl (C=O) groups excluding carboxylic acids is 2. The van der Waals surface area contributed by atoms with Crippen LogP contribution in [0.1, 0.15) is 66.7 Å². The average Bonchev–Trinajstić information content (AvgIpc) is 2.88. The van der Waals surface area contributed by atoms with Crippen molar-refractivity contribution in [2.75, 3.05) is 6.61 Å². The summed E-state index contributed by atoms with van der Waals surface area (Å²) in [6.07, 6.45) is 27.9. The first kappa shape index (κ1) is 31.9. The summed E-state index contributed by atoms with van der Waals surface area (Å²) in [5.74, 6) is 2.94. The van der Waals surface area contributed by atoms with Crippen LogP contribution in [-0.2, 0) is 19.0 Å². The van der Waals surface area contributed by atoms with Crippen LogP contribution >= 0.6 is 0 Å². The van der Waals surface area contributed by atoms with Gasteiger partial charge in [-0.05, 0) is 57.9 Å². The number of hydrogen-bond donors (Lipinski definition) is 1. The lowest BCUT2D eigenvalue weighted by Gasteiger charge is -2.36. The zero-order valence-corrected chi connectivity index (χ0v) is 24.1. The lowest BCUT2D eigenvalue weighted by molar-refractivity contribution is -0.141. The van der Waals surface area contributed by atoms with E-state index < -0.39 is 6.09 Å². The molecule has 0 spiro atoms. The number of ether oxygens (including phenoxy) is 3. The predicted molar refractivity (Wildman–Crippen MR) is 157 cm³/mol. The summed E-state index contributed by atoms with van der Waals surface area (Å²) in [6, 6.07) is -0.318. The Hall–Kier alpha value is -3.30. The maximum Gasteiger partial charge on any atom is 0.407 e. The number of nitrogens with one attached hydrogen (secondary N) is 1. The Balaban J connectivity index is 2.00. The van der Waals surface area contributed by atoms with Gasteiger partial charge in [0.1, 0.15) is 12.7 Å². The molecule has 0 aromatic rings. The minimum Gasteiger partial charge on any atom is -0.455 e. The molecule has 212 valence electrons. The van der Waals surface area contributed by atoms with E-state index >= 15 is 0 Å². The molecule has 1 saturated heterocycles. The van der Waals surface area contributed by atoms with Crippen LogP contribution in [-0.4, -0.2) is 43.0 Å². The Morgan fingerprint density at radius 2 is 2.10 bits per heavy atom. The third-order valence-electron chi connectivity index (χ3n) is 6.70. The van der Waals surface area contributed by atoms with E-state index in [1.165, 1.54) is 11.6 Å². The van der Waals surface area contributed by atoms with Crippen LogP contribution < -0.4 is 5.32 Å². The first-order chi connectivity index (χ1) is 18.7. The van der Waals surface area contributed by atoms with Crippen LogP contribution in [0.4, 0.5) is 4.79 Å². The molecule has 2 rings (SSSR count). The number of carbonyl (C=O) groups is 2. The molecule has 2 aliphatic heterocycles. The molecule has 0 aliphatic carbocycles. The molecule has 0 saturated carbocycles. The first-order valence-electron chi connectivity index (χ1n) is 13.9. The lowest BCUT2D eigenvalue weighted by atomic mass is 9.90. The van der Waals surface area contributed by atoms with Gasteiger partial charge in [-0.15, -0.1) is 12.3 Å². The fourth-order valence-electron chi connectivity index (χ4n) is 4.72. The van der Waals surface area contributed by atoms with Gasteiger partial charge >= 0.3 is 12.1 Å². The summed E-state index contributed by atoms with van der Waals surface area (Å²) >= 11 is 0. The van der Waals surface area contributed by atoms with Crippen molar-refractivity contribution >= 4 is 12.1 Å². The van der Waals surface area contributed by atoms with Crippen molar-refractivity contribution < 1.29 is 23.8 Å². The van der Waals surface area contributed by atoms with Gasteiger partial charge in [-0.25, -0.2) is 9.59 Å². The van der Waals surface area contributed by atoms with Crippen LogP contribution in [0, 0.1) is 24.2 Å². The summed E-state index contributed by atoms with van der Waals surface area (Å²) in [6.45, 7) is 10.7. The van der Waals surface area contributed by atoms with Crippen molar-refractivity contribution in [3.05, 3.63) is 71.9 Å². The zero-order chi connectivity index (χ0) is 28.6. The molecule has 1 N–H and O–H groups in total. The van der Waals surface area contributed by atoms with Crippen molar-refractivity contribution in [3.63, 3.8) is 0 Å². The van der Waals surface area contributed by atoms with Gasteiger partial charge in [0.15, 0.2) is 0 Å². The van der Waals surface area contributed by atoms with Crippen molar-refractivity contribution in [3.8, 4) is 12.3 Å². The normalized spacial score (nSPS) is 26.0. The summed E-state index contributed by atoms with van der Waals surface area (Å²) in [5.41, 5.74) is 2.35. The van der Waals surface area contributed by atoms with Crippen molar-refractivity contribution in [2.24, 2.45) is 11.8 Å². The maximum atomic E-state index is 12.4. The van der Waals surface area contributed by atoms with Crippen molar-refractivity contribution in [2.45, 2.75) is 91.1 Å². The second kappa shape index (κ2) is 17.3. The van der Waals surface area contributed by atoms with Crippen molar-refractivity contribution in [1.82, 2.24) is 5.32 Å². The topological polar surface area (TPSA) is 73.9 Å². The van der Waals surface area contributed by atoms with E-state index in [0.717, 1.165) is 24.8 Å². The van der Waals surface area contributed by atoms with E-state index in [9.17, 15) is 9.59 Å². The minimum atomic E-state index is -0.494. The monoisotopic (exact) mass is 535 g/mol. The van der Waals surface area contributed by atoms with Gasteiger partial charge < -0.3 is 19.5 Å². The second-order valence-corrected chi connectivity index (χ2v) is 10.4. The summed E-state index contributed by atoms with van der Waals surface area (Å²) < 4.78 is 16.9. The molecule has 0 radical (unpaired) electrons. The molecule has 6 heteroatoms. The van der Waals surface area contributed by atoms with E-state index in [1.54, 1.807) is 0 Å². The fourth-order valence-corrected chi connectivity index (χ4v) is 4.72. The number of terminal acetylenes is 1. The molecular weight excluding hydrogens is 490 g/mol. The van der Waals surface area contributed by atoms with E-state index in [-0.39, 0.29) is 36.9 Å². The maximum absolute atomic E-state index is 12.4. The third kappa shape index (κ3) is 12.4. The molecule has 1 fully saturated rings. The van der Waals surface area contributed by atoms with Crippen molar-refractivity contribution in [1.29, 1.82) is 0 Å². The summed E-state index contributed by atoms with van der Waals surface area (Å²) in [4.78, 5) is 23.8. The average molecular weight is 536 g/mol. The Labute approximate surface area is 234 Å². The van der Waals surface area contributed by atoms with Gasteiger partial charge in [0.05, 0.1) is 18.2 Å². The molecule has 0 aromatic heterocycles. The van der Waals surface area contributed by atoms with Crippen LogP contribution in [0.5, 0.6) is 0 Å². The Bertz CT molecular complexity index is 1030. The molecule has 1 amide bonds. The highest BCUT2D eigenvalue weighted by molar-refractivity contribution is 5.82. The van der Waals surface area contributed by atoms with E-state index in [1.807, 2.05) is 43.4 Å². The largest absolute Gasteiger partial charge is 0.455 e. The standard InChI is InChI=1S/C33H45NO5/c1-7-9-21-37-33(36)34-29(31-20-18-27(6)30(39-31)12-8-2)15-10-13-24(3)22-26(5)23-25(4)17-19-28-14-11-16-32(35)38-28/h1,8,10-13,15-17,19,23,26-31H,9,14,18,20-22H2,2-6H3,(H,34,36)/b12-8+,15-10+,19-17+,24-13+,25-23-/t26-,27+,28?,29-,30?,31?/m1/s1. The number of esters is 1. The molecule has 6 nitrogen and oxygen atoms in total. The summed E-state index contributed by atoms with van der Waals surface area (Å²) in [7, 11) is 0. The third-order valence-corrected chi connectivity index (χ3v) is 6.70. The highest BCUT2D eigenvalue weighted by Gasteiger charge is 2.31. The summed E-state index contributed by atoms with van der Waals surface area (Å²) in [5, 5.41) is 2.96. The van der Waals surface area contributed by atoms with Gasteiger partial charge in [0.25, 0.3) is 0 Å². The second-order valence-electron chi connectivity index (χ2n) is 10.4. The number of cyclic esters (lactones) is 1. The lowest BCUT2D eigenvalue weighted by Crippen LogP contribution is -2.47. The molecule has 2 heterocycles. The molecule has 6 atom stereocenters. The Morgan fingerprint density at radius 3 is 2.82 bits per heavy atom. The highest BCUT2D eigenvalue weighted by Crippen LogP contribution is 2.28. The quantitative estimate of drug-likeness (QED) is 0.0982. The van der Waals surface area contributed by atoms with Crippen LogP contribution in [0.15, 0.2) is 71.9 Å². The van der Waals surface area contributed by atoms with Gasteiger partial charge in [-0.1, -0.05) is 73.6 Å². The van der Waals surface area contributed by atoms with Gasteiger partial charge in [-0.3, -0.25) is 0 Å². The molecule has 0 aromatic carbocycles. The fraction of sp³-hybridized carbons (Fsp3) is 0.515. The zero-order valence-electron chi connectivity index (χ0n) is 24.1. The highest BCUT2D eigenvalue weighted by atomic mass is 16.6. The first-order valence-corrected chi connectivity index (χ1v) is 13.9. The van der Waals surface area contributed by atoms with Crippen LogP contribution in [0.3, 0.4) is 0 Å². The van der Waals surface area contributed by atoms with E-state index in [2.05, 4.69) is 57.2 Å². The molecule has 0 bridgehead atoms. The number of alkyl carbamates (subject to hydrolysis) is 1. The van der Waals surface area contributed by atoms with E-state index in [0.29, 0.717) is 24.7 Å². The number of rotatable bonds is 12. The smallest absolute Gasteiger partial charge is 0.407 e. The van der Waals surface area contributed by atoms with E-state index in [4.69, 9.17) is 20.6 Å². The number of allylic oxidation sites excluding steroid dienone is 7. The van der Waals surface area contributed by atoms with Gasteiger partial charge in [0.2, 0.25) is 0 Å². The number of amides is 1. The Kier molecular flexibility index (Phi) is 14.2. The number of hydrogen-bond acceptors (Lipinski definition) is 5.